The van der Waals surface area contributed by atoms with Crippen molar-refractivity contribution < 1.29 is 19.3 Å². The van der Waals surface area contributed by atoms with Gasteiger partial charge in [-0.1, -0.05) is 0 Å². The molecule has 1 aliphatic heterocycles. The molecule has 0 bridgehead atoms. The Morgan fingerprint density at radius 1 is 1.55 bits per heavy atom. The molecule has 4 atom stereocenters. The Morgan fingerprint density at radius 3 is 2.95 bits per heavy atom. The largest absolute Gasteiger partial charge is 0.391 e. The van der Waals surface area contributed by atoms with Crippen LogP contribution in [0, 0.1) is 6.08 Å². The fourth-order valence-electron chi connectivity index (χ4n) is 2.40. The van der Waals surface area contributed by atoms with Crippen molar-refractivity contribution in [2.45, 2.75) is 37.9 Å². The number of rotatable bonds is 2. The van der Waals surface area contributed by atoms with Gasteiger partial charge in [0, 0.05) is 6.42 Å². The Hall–Kier alpha value is -1.84. The minimum atomic E-state index is -0.956. The Balaban J connectivity index is 2.00. The molecule has 2 aromatic rings. The summed E-state index contributed by atoms with van der Waals surface area (Å²) in [5, 5.41) is 19.4. The number of aromatic nitrogens is 4. The molecule has 2 aromatic heterocycles. The highest BCUT2D eigenvalue weighted by atomic mass is 19.1. The number of nitrogens with two attached hydrogens (primary N) is 1. The topological polar surface area (TPSA) is 119 Å². The molecule has 3 heterocycles. The molecule has 0 spiro atoms. The summed E-state index contributed by atoms with van der Waals surface area (Å²) in [4.78, 5) is 11.1. The molecule has 8 nitrogen and oxygen atoms in total. The maximum absolute atomic E-state index is 13.3. The van der Waals surface area contributed by atoms with Gasteiger partial charge in [-0.25, -0.2) is 4.98 Å². The van der Waals surface area contributed by atoms with Gasteiger partial charge in [0.2, 0.25) is 0 Å². The van der Waals surface area contributed by atoms with E-state index in [1.165, 1.54) is 17.8 Å². The number of aliphatic hydroxyl groups is 2. The Labute approximate surface area is 113 Å². The van der Waals surface area contributed by atoms with Gasteiger partial charge in [0.1, 0.15) is 12.3 Å². The van der Waals surface area contributed by atoms with E-state index in [2.05, 4.69) is 15.0 Å². The number of anilines is 1. The molecule has 4 N–H and O–H groups in total. The SMILES string of the molecule is C[C@@H](O)[C@H]1O[C@@H](n2cnc3c(N)nc(F)nc32)C[C@@H]1O. The van der Waals surface area contributed by atoms with E-state index in [1.807, 2.05) is 0 Å². The number of nitrogens with zero attached hydrogens (tertiary/aromatic N) is 4. The molecule has 0 radical (unpaired) electrons. The highest BCUT2D eigenvalue weighted by Gasteiger charge is 2.38. The van der Waals surface area contributed by atoms with Gasteiger partial charge in [-0.2, -0.15) is 14.4 Å². The molecule has 0 amide bonds. The van der Waals surface area contributed by atoms with Gasteiger partial charge in [0.05, 0.1) is 18.5 Å². The molecule has 3 rings (SSSR count). The van der Waals surface area contributed by atoms with Crippen LogP contribution in [0.25, 0.3) is 11.2 Å². The van der Waals surface area contributed by atoms with Crippen molar-refractivity contribution in [2.75, 3.05) is 5.73 Å². The smallest absolute Gasteiger partial charge is 0.312 e. The first-order chi connectivity index (χ1) is 9.47. The van der Waals surface area contributed by atoms with Crippen LogP contribution in [0.4, 0.5) is 10.2 Å². The number of aliphatic hydroxyl groups excluding tert-OH is 2. The van der Waals surface area contributed by atoms with Crippen molar-refractivity contribution in [1.82, 2.24) is 19.5 Å². The van der Waals surface area contributed by atoms with Crippen LogP contribution < -0.4 is 5.73 Å². The third-order valence-corrected chi connectivity index (χ3v) is 3.34. The van der Waals surface area contributed by atoms with Crippen LogP contribution in [0.1, 0.15) is 19.6 Å². The van der Waals surface area contributed by atoms with E-state index in [9.17, 15) is 14.6 Å². The van der Waals surface area contributed by atoms with Crippen LogP contribution in [0.3, 0.4) is 0 Å². The summed E-state index contributed by atoms with van der Waals surface area (Å²) in [6.45, 7) is 1.53. The van der Waals surface area contributed by atoms with Gasteiger partial charge < -0.3 is 20.7 Å². The van der Waals surface area contributed by atoms with E-state index in [-0.39, 0.29) is 23.4 Å². The summed E-state index contributed by atoms with van der Waals surface area (Å²) in [5.41, 5.74) is 6.04. The van der Waals surface area contributed by atoms with Crippen molar-refractivity contribution in [1.29, 1.82) is 0 Å². The molecule has 0 aliphatic carbocycles. The minimum absolute atomic E-state index is 0.0585. The molecular weight excluding hydrogens is 269 g/mol. The van der Waals surface area contributed by atoms with Gasteiger partial charge in [0.25, 0.3) is 0 Å². The highest BCUT2D eigenvalue weighted by molar-refractivity contribution is 5.81. The van der Waals surface area contributed by atoms with Crippen LogP contribution in [-0.2, 0) is 4.74 Å². The summed E-state index contributed by atoms with van der Waals surface area (Å²) in [5.74, 6) is -0.0585. The van der Waals surface area contributed by atoms with Crippen molar-refractivity contribution in [3.8, 4) is 0 Å². The Kier molecular flexibility index (Phi) is 3.04. The third-order valence-electron chi connectivity index (χ3n) is 3.34. The zero-order valence-electron chi connectivity index (χ0n) is 10.6. The number of hydrogen-bond donors (Lipinski definition) is 3. The fourth-order valence-corrected chi connectivity index (χ4v) is 2.40. The van der Waals surface area contributed by atoms with Crippen LogP contribution in [0.15, 0.2) is 6.33 Å². The average Bonchev–Trinajstić information content (AvgIpc) is 2.92. The standard InChI is InChI=1S/C11H14FN5O3/c1-4(18)8-5(19)2-6(20-8)17-3-14-7-9(13)15-11(12)16-10(7)17/h3-6,8,18-19H,2H2,1H3,(H2,13,15,16)/t4-,5+,6-,8-/m1/s1. The predicted octanol–water partition coefficient (Wildman–Crippen LogP) is -0.423. The lowest BCUT2D eigenvalue weighted by atomic mass is 10.1. The monoisotopic (exact) mass is 283 g/mol. The lowest BCUT2D eigenvalue weighted by Gasteiger charge is -2.17. The molecule has 1 saturated heterocycles. The van der Waals surface area contributed by atoms with Crippen LogP contribution >= 0.6 is 0 Å². The van der Waals surface area contributed by atoms with Crippen molar-refractivity contribution >= 4 is 17.0 Å². The first-order valence-electron chi connectivity index (χ1n) is 6.14. The molecule has 0 saturated carbocycles. The number of ether oxygens (including phenoxy) is 1. The van der Waals surface area contributed by atoms with E-state index >= 15 is 0 Å². The number of fused-ring (bicyclic) bond motifs is 1. The Morgan fingerprint density at radius 2 is 2.30 bits per heavy atom. The molecule has 20 heavy (non-hydrogen) atoms. The number of halogens is 1. The summed E-state index contributed by atoms with van der Waals surface area (Å²) in [7, 11) is 0. The third kappa shape index (κ3) is 1.99. The molecule has 1 aliphatic rings. The van der Waals surface area contributed by atoms with E-state index in [0.29, 0.717) is 0 Å². The summed E-state index contributed by atoms with van der Waals surface area (Å²) >= 11 is 0. The quantitative estimate of drug-likeness (QED) is 0.640. The molecular formula is C11H14FN5O3. The van der Waals surface area contributed by atoms with Crippen LogP contribution in [-0.4, -0.2) is 48.0 Å². The maximum atomic E-state index is 13.3. The minimum Gasteiger partial charge on any atom is -0.391 e. The second kappa shape index (κ2) is 4.62. The average molecular weight is 283 g/mol. The number of nitrogen functional groups attached to an aromatic ring is 1. The van der Waals surface area contributed by atoms with Crippen molar-refractivity contribution in [3.05, 3.63) is 12.4 Å². The van der Waals surface area contributed by atoms with Crippen LogP contribution in [0.2, 0.25) is 0 Å². The molecule has 108 valence electrons. The summed E-state index contributed by atoms with van der Waals surface area (Å²) in [6.07, 6.45) is -2.25. The van der Waals surface area contributed by atoms with Gasteiger partial charge >= 0.3 is 6.08 Å². The zero-order valence-corrected chi connectivity index (χ0v) is 10.6. The number of imidazole rings is 1. The normalized spacial score (nSPS) is 28.1. The van der Waals surface area contributed by atoms with Gasteiger partial charge in [-0.05, 0) is 6.92 Å². The van der Waals surface area contributed by atoms with Crippen molar-refractivity contribution in [3.63, 3.8) is 0 Å². The van der Waals surface area contributed by atoms with E-state index < -0.39 is 30.6 Å². The lowest BCUT2D eigenvalue weighted by molar-refractivity contribution is -0.0750. The highest BCUT2D eigenvalue weighted by Crippen LogP contribution is 2.32. The van der Waals surface area contributed by atoms with Crippen LogP contribution in [0.5, 0.6) is 0 Å². The van der Waals surface area contributed by atoms with E-state index in [0.717, 1.165) is 0 Å². The first-order valence-corrected chi connectivity index (χ1v) is 6.14. The second-order valence-corrected chi connectivity index (χ2v) is 4.80. The second-order valence-electron chi connectivity index (χ2n) is 4.80. The first kappa shape index (κ1) is 13.2. The number of hydrogen-bond acceptors (Lipinski definition) is 7. The molecule has 9 heteroatoms. The summed E-state index contributed by atoms with van der Waals surface area (Å²) < 4.78 is 20.3. The van der Waals surface area contributed by atoms with Gasteiger partial charge in [0.15, 0.2) is 17.0 Å². The fraction of sp³-hybridized carbons (Fsp3) is 0.545. The maximum Gasteiger partial charge on any atom is 0.312 e. The molecule has 0 unspecified atom stereocenters. The van der Waals surface area contributed by atoms with E-state index in [4.69, 9.17) is 10.5 Å². The summed E-state index contributed by atoms with van der Waals surface area (Å²) in [6, 6.07) is 0. The Bertz CT molecular complexity index is 646. The lowest BCUT2D eigenvalue weighted by Crippen LogP contribution is -2.32. The predicted molar refractivity (Wildman–Crippen MR) is 65.9 cm³/mol. The molecule has 1 fully saturated rings. The molecule has 0 aromatic carbocycles. The van der Waals surface area contributed by atoms with Crippen molar-refractivity contribution in [2.24, 2.45) is 0 Å². The van der Waals surface area contributed by atoms with Gasteiger partial charge in [-0.15, -0.1) is 0 Å². The van der Waals surface area contributed by atoms with Gasteiger partial charge in [-0.3, -0.25) is 4.57 Å². The van der Waals surface area contributed by atoms with E-state index in [1.54, 1.807) is 0 Å². The zero-order chi connectivity index (χ0) is 14.4.